The van der Waals surface area contributed by atoms with Crippen molar-refractivity contribution >= 4 is 17.6 Å². The fourth-order valence-corrected chi connectivity index (χ4v) is 3.17. The molecule has 0 aliphatic carbocycles. The minimum Gasteiger partial charge on any atom is -0.478 e. The third-order valence-electron chi connectivity index (χ3n) is 5.23. The molecule has 0 spiro atoms. The minimum absolute atomic E-state index is 0.0517. The van der Waals surface area contributed by atoms with Crippen LogP contribution in [0, 0.1) is 17.3 Å². The van der Waals surface area contributed by atoms with Gasteiger partial charge in [0.25, 0.3) is 0 Å². The lowest BCUT2D eigenvalue weighted by Gasteiger charge is -2.26. The van der Waals surface area contributed by atoms with E-state index in [1.54, 1.807) is 0 Å². The quantitative estimate of drug-likeness (QED) is 0.729. The van der Waals surface area contributed by atoms with Gasteiger partial charge in [0, 0.05) is 5.56 Å². The zero-order valence-corrected chi connectivity index (χ0v) is 16.2. The second-order valence-corrected chi connectivity index (χ2v) is 7.93. The van der Waals surface area contributed by atoms with E-state index in [1.165, 1.54) is 0 Å². The highest BCUT2D eigenvalue weighted by Gasteiger charge is 2.51. The molecule has 0 saturated heterocycles. The number of nitrogens with zero attached hydrogens (tertiary/aromatic N) is 2. The van der Waals surface area contributed by atoms with Gasteiger partial charge in [0.15, 0.2) is 11.2 Å². The molecule has 0 saturated carbocycles. The zero-order chi connectivity index (χ0) is 18.9. The fraction of sp³-hybridized carbons (Fsp3) is 0.571. The van der Waals surface area contributed by atoms with E-state index in [4.69, 9.17) is 19.5 Å². The molecule has 1 aromatic carbocycles. The second kappa shape index (κ2) is 7.22. The van der Waals surface area contributed by atoms with Crippen molar-refractivity contribution in [2.75, 3.05) is 13.2 Å². The van der Waals surface area contributed by atoms with E-state index >= 15 is 0 Å². The van der Waals surface area contributed by atoms with E-state index in [0.29, 0.717) is 42.4 Å². The van der Waals surface area contributed by atoms with Gasteiger partial charge in [0.05, 0.1) is 12.1 Å². The Labute approximate surface area is 155 Å². The predicted octanol–water partition coefficient (Wildman–Crippen LogP) is 3.78. The summed E-state index contributed by atoms with van der Waals surface area (Å²) in [5.74, 6) is 1.45. The van der Waals surface area contributed by atoms with Gasteiger partial charge in [-0.1, -0.05) is 58.0 Å². The first-order valence-corrected chi connectivity index (χ1v) is 9.36. The Morgan fingerprint density at radius 2 is 1.42 bits per heavy atom. The van der Waals surface area contributed by atoms with E-state index < -0.39 is 5.41 Å². The summed E-state index contributed by atoms with van der Waals surface area (Å²) in [6.45, 7) is 11.2. The molecule has 0 fully saturated rings. The maximum Gasteiger partial charge on any atom is 0.207 e. The summed E-state index contributed by atoms with van der Waals surface area (Å²) in [6.07, 6.45) is 0. The summed E-state index contributed by atoms with van der Waals surface area (Å²) in [6, 6.07) is 9.33. The van der Waals surface area contributed by atoms with Crippen LogP contribution in [0.4, 0.5) is 0 Å². The van der Waals surface area contributed by atoms with Crippen LogP contribution in [0.1, 0.15) is 45.0 Å². The number of ketones is 1. The van der Waals surface area contributed by atoms with Crippen molar-refractivity contribution in [1.29, 1.82) is 0 Å². The third-order valence-corrected chi connectivity index (χ3v) is 5.23. The van der Waals surface area contributed by atoms with Crippen molar-refractivity contribution in [1.82, 2.24) is 0 Å². The molecule has 0 amide bonds. The first kappa shape index (κ1) is 18.6. The molecule has 0 unspecified atom stereocenters. The van der Waals surface area contributed by atoms with E-state index in [9.17, 15) is 4.79 Å². The van der Waals surface area contributed by atoms with Gasteiger partial charge in [-0.2, -0.15) is 0 Å². The van der Waals surface area contributed by atoms with E-state index in [0.717, 1.165) is 0 Å². The van der Waals surface area contributed by atoms with Crippen LogP contribution in [0.5, 0.6) is 0 Å². The van der Waals surface area contributed by atoms with Crippen LogP contribution < -0.4 is 0 Å². The lowest BCUT2D eigenvalue weighted by molar-refractivity contribution is 0.0899. The van der Waals surface area contributed by atoms with Gasteiger partial charge < -0.3 is 9.47 Å². The molecule has 5 heteroatoms. The zero-order valence-electron chi connectivity index (χ0n) is 16.2. The minimum atomic E-state index is -1.13. The summed E-state index contributed by atoms with van der Waals surface area (Å²) in [5, 5.41) is 0. The maximum absolute atomic E-state index is 13.5. The Morgan fingerprint density at radius 1 is 0.962 bits per heavy atom. The number of carbonyl (C=O) groups is 1. The second-order valence-electron chi connectivity index (χ2n) is 7.93. The SMILES string of the molecule is CC(C)[C@H]1COC(C(C)(C(=O)c2ccccc2)C2=N[C@@H](C(C)C)CO2)=N1. The number of carbonyl (C=O) groups excluding carboxylic acids is 1. The van der Waals surface area contributed by atoms with Crippen LogP contribution in [-0.4, -0.2) is 42.9 Å². The molecule has 2 aliphatic heterocycles. The van der Waals surface area contributed by atoms with Crippen LogP contribution >= 0.6 is 0 Å². The topological polar surface area (TPSA) is 60.2 Å². The fourth-order valence-electron chi connectivity index (χ4n) is 3.17. The first-order chi connectivity index (χ1) is 12.3. The summed E-state index contributed by atoms with van der Waals surface area (Å²) in [7, 11) is 0. The predicted molar refractivity (Wildman–Crippen MR) is 103 cm³/mol. The average Bonchev–Trinajstić information content (AvgIpc) is 3.31. The largest absolute Gasteiger partial charge is 0.478 e. The highest BCUT2D eigenvalue weighted by molar-refractivity contribution is 6.27. The van der Waals surface area contributed by atoms with Crippen molar-refractivity contribution < 1.29 is 14.3 Å². The molecule has 0 radical (unpaired) electrons. The lowest BCUT2D eigenvalue weighted by Crippen LogP contribution is -2.44. The molecule has 0 N–H and O–H groups in total. The Morgan fingerprint density at radius 3 is 1.81 bits per heavy atom. The maximum atomic E-state index is 13.5. The van der Waals surface area contributed by atoms with Crippen molar-refractivity contribution in [2.24, 2.45) is 27.2 Å². The summed E-state index contributed by atoms with van der Waals surface area (Å²) in [5.41, 5.74) is -0.525. The van der Waals surface area contributed by atoms with Gasteiger partial charge in [-0.25, -0.2) is 9.98 Å². The number of benzene rings is 1. The molecule has 3 rings (SSSR count). The van der Waals surface area contributed by atoms with Crippen LogP contribution in [0.25, 0.3) is 0 Å². The number of hydrogen-bond acceptors (Lipinski definition) is 5. The van der Waals surface area contributed by atoms with Crippen molar-refractivity contribution in [3.05, 3.63) is 35.9 Å². The first-order valence-electron chi connectivity index (χ1n) is 9.36. The van der Waals surface area contributed by atoms with Crippen LogP contribution in [0.15, 0.2) is 40.3 Å². The monoisotopic (exact) mass is 356 g/mol. The molecule has 140 valence electrons. The van der Waals surface area contributed by atoms with E-state index in [1.807, 2.05) is 37.3 Å². The summed E-state index contributed by atoms with van der Waals surface area (Å²) >= 11 is 0. The summed E-state index contributed by atoms with van der Waals surface area (Å²) in [4.78, 5) is 22.9. The highest BCUT2D eigenvalue weighted by Crippen LogP contribution is 2.35. The smallest absolute Gasteiger partial charge is 0.207 e. The number of Topliss-reactive ketones (excluding diaryl/α,β-unsaturated/α-hetero) is 1. The molecule has 0 bridgehead atoms. The molecule has 2 atom stereocenters. The Balaban J connectivity index is 2.04. The van der Waals surface area contributed by atoms with Gasteiger partial charge >= 0.3 is 0 Å². The normalized spacial score (nSPS) is 22.9. The van der Waals surface area contributed by atoms with Crippen molar-refractivity contribution in [3.63, 3.8) is 0 Å². The lowest BCUT2D eigenvalue weighted by atomic mass is 9.81. The third kappa shape index (κ3) is 3.27. The Hall–Kier alpha value is -2.17. The van der Waals surface area contributed by atoms with Gasteiger partial charge in [-0.05, 0) is 18.8 Å². The number of hydrogen-bond donors (Lipinski definition) is 0. The van der Waals surface area contributed by atoms with Crippen molar-refractivity contribution in [2.45, 2.75) is 46.7 Å². The molecule has 1 aromatic rings. The Kier molecular flexibility index (Phi) is 5.17. The van der Waals surface area contributed by atoms with E-state index in [-0.39, 0.29) is 17.9 Å². The van der Waals surface area contributed by atoms with Crippen LogP contribution in [0.2, 0.25) is 0 Å². The molecule has 5 nitrogen and oxygen atoms in total. The van der Waals surface area contributed by atoms with Gasteiger partial charge in [-0.15, -0.1) is 0 Å². The van der Waals surface area contributed by atoms with Crippen LogP contribution in [-0.2, 0) is 9.47 Å². The molecule has 26 heavy (non-hydrogen) atoms. The van der Waals surface area contributed by atoms with Gasteiger partial charge in [-0.3, -0.25) is 4.79 Å². The molecular formula is C21H28N2O3. The molecule has 0 aromatic heterocycles. The molecule has 2 heterocycles. The Bertz CT molecular complexity index is 688. The molecular weight excluding hydrogens is 328 g/mol. The standard InChI is InChI=1S/C21H28N2O3/c1-13(2)16-11-25-19(22-16)21(5,18(24)15-9-7-6-8-10-15)20-23-17(12-26-20)14(3)4/h6-10,13-14,16-17H,11-12H2,1-5H3/t16-,17-/m1/s1. The number of aliphatic imine (C=N–C) groups is 2. The average molecular weight is 356 g/mol. The summed E-state index contributed by atoms with van der Waals surface area (Å²) < 4.78 is 11.8. The van der Waals surface area contributed by atoms with Crippen LogP contribution in [0.3, 0.4) is 0 Å². The van der Waals surface area contributed by atoms with Crippen molar-refractivity contribution in [3.8, 4) is 0 Å². The van der Waals surface area contributed by atoms with E-state index in [2.05, 4.69) is 27.7 Å². The number of rotatable bonds is 6. The number of ether oxygens (including phenoxy) is 2. The molecule has 2 aliphatic rings. The van der Waals surface area contributed by atoms with Gasteiger partial charge in [0.1, 0.15) is 13.2 Å². The highest BCUT2D eigenvalue weighted by atomic mass is 16.5. The van der Waals surface area contributed by atoms with Gasteiger partial charge in [0.2, 0.25) is 11.8 Å².